The second kappa shape index (κ2) is 6.47. The molecule has 1 aromatic rings. The van der Waals surface area contributed by atoms with Crippen molar-refractivity contribution in [3.8, 4) is 0 Å². The van der Waals surface area contributed by atoms with Gasteiger partial charge < -0.3 is 21.7 Å². The molecule has 0 bridgehead atoms. The van der Waals surface area contributed by atoms with E-state index in [2.05, 4.69) is 0 Å². The fourth-order valence-corrected chi connectivity index (χ4v) is 1.87. The second-order valence-electron chi connectivity index (χ2n) is 5.13. The number of carbonyl (C=O) groups excluding carboxylic acids is 1. The lowest BCUT2D eigenvalue weighted by atomic mass is 9.88. The number of Topliss-reactive ketones (excluding diaryl/α,β-unsaturated/α-hetero) is 1. The molecule has 0 spiro atoms. The Labute approximate surface area is 121 Å². The van der Waals surface area contributed by atoms with Gasteiger partial charge in [-0.3, -0.25) is 14.4 Å². The first-order chi connectivity index (χ1) is 9.65. The number of aliphatic carboxylic acids is 2. The number of ketones is 1. The van der Waals surface area contributed by atoms with E-state index in [9.17, 15) is 14.4 Å². The van der Waals surface area contributed by atoms with Gasteiger partial charge in [0.2, 0.25) is 0 Å². The Morgan fingerprint density at radius 3 is 2.33 bits per heavy atom. The number of nitrogens with two attached hydrogens (primary N) is 2. The Hall–Kier alpha value is -2.25. The fraction of sp³-hybridized carbons (Fsp3) is 0.357. The van der Waals surface area contributed by atoms with Gasteiger partial charge >= 0.3 is 11.9 Å². The van der Waals surface area contributed by atoms with Gasteiger partial charge in [-0.1, -0.05) is 24.3 Å². The van der Waals surface area contributed by atoms with Crippen molar-refractivity contribution in [2.45, 2.75) is 31.3 Å². The maximum absolute atomic E-state index is 12.2. The normalized spacial score (nSPS) is 15.0. The molecule has 0 unspecified atom stereocenters. The molecule has 0 aliphatic rings. The van der Waals surface area contributed by atoms with E-state index in [1.54, 1.807) is 18.2 Å². The van der Waals surface area contributed by atoms with Crippen LogP contribution in [0.5, 0.6) is 0 Å². The summed E-state index contributed by atoms with van der Waals surface area (Å²) in [4.78, 5) is 33.9. The van der Waals surface area contributed by atoms with E-state index in [0.29, 0.717) is 5.56 Å². The van der Waals surface area contributed by atoms with E-state index in [0.717, 1.165) is 0 Å². The molecule has 7 heteroatoms. The standard InChI is InChI=1S/C14H18N2O5/c1-14(16,13(20)21)7-8-4-2-3-5-9(8)12(19)10(15)6-11(17)18/h2-5,10H,6-7,15-16H2,1H3,(H,17,18)(H,20,21)/t10-,14+/m0/s1. The van der Waals surface area contributed by atoms with E-state index in [4.69, 9.17) is 21.7 Å². The zero-order chi connectivity index (χ0) is 16.2. The van der Waals surface area contributed by atoms with E-state index in [-0.39, 0.29) is 12.0 Å². The van der Waals surface area contributed by atoms with Crippen molar-refractivity contribution in [1.29, 1.82) is 0 Å². The molecule has 2 atom stereocenters. The van der Waals surface area contributed by atoms with Crippen molar-refractivity contribution in [3.05, 3.63) is 35.4 Å². The summed E-state index contributed by atoms with van der Waals surface area (Å²) in [5.74, 6) is -2.92. The minimum absolute atomic E-state index is 0.0654. The van der Waals surface area contributed by atoms with Crippen LogP contribution < -0.4 is 11.5 Å². The molecule has 0 aliphatic heterocycles. The molecule has 1 aromatic carbocycles. The number of hydrogen-bond acceptors (Lipinski definition) is 5. The third-order valence-electron chi connectivity index (χ3n) is 3.06. The van der Waals surface area contributed by atoms with Gasteiger partial charge in [-0.2, -0.15) is 0 Å². The van der Waals surface area contributed by atoms with Crippen LogP contribution in [-0.4, -0.2) is 39.5 Å². The molecule has 0 saturated heterocycles. The smallest absolute Gasteiger partial charge is 0.323 e. The van der Waals surface area contributed by atoms with Crippen LogP contribution in [0.15, 0.2) is 24.3 Å². The molecule has 114 valence electrons. The molecule has 0 aliphatic carbocycles. The maximum Gasteiger partial charge on any atom is 0.323 e. The third kappa shape index (κ3) is 4.37. The van der Waals surface area contributed by atoms with Gasteiger partial charge in [0.05, 0.1) is 12.5 Å². The van der Waals surface area contributed by atoms with Crippen LogP contribution in [0.2, 0.25) is 0 Å². The Kier molecular flexibility index (Phi) is 5.17. The van der Waals surface area contributed by atoms with Crippen molar-refractivity contribution in [3.63, 3.8) is 0 Å². The SMILES string of the molecule is C[C@@](N)(Cc1ccccc1C(=O)[C@@H](N)CC(=O)O)C(=O)O. The van der Waals surface area contributed by atoms with Crippen LogP contribution in [0.1, 0.15) is 29.3 Å². The van der Waals surface area contributed by atoms with Crippen molar-refractivity contribution in [2.24, 2.45) is 11.5 Å². The number of carboxylic acids is 2. The molecule has 0 fully saturated rings. The summed E-state index contributed by atoms with van der Waals surface area (Å²) in [5.41, 5.74) is 10.3. The van der Waals surface area contributed by atoms with Gasteiger partial charge in [-0.25, -0.2) is 0 Å². The molecule has 0 heterocycles. The van der Waals surface area contributed by atoms with Crippen LogP contribution in [-0.2, 0) is 16.0 Å². The topological polar surface area (TPSA) is 144 Å². The summed E-state index contributed by atoms with van der Waals surface area (Å²) >= 11 is 0. The van der Waals surface area contributed by atoms with E-state index in [1.807, 2.05) is 0 Å². The molecular formula is C14H18N2O5. The predicted molar refractivity (Wildman–Crippen MR) is 74.9 cm³/mol. The summed E-state index contributed by atoms with van der Waals surface area (Å²) in [6.45, 7) is 1.34. The van der Waals surface area contributed by atoms with Crippen LogP contribution in [0.25, 0.3) is 0 Å². The number of carbonyl (C=O) groups is 3. The zero-order valence-electron chi connectivity index (χ0n) is 11.6. The number of hydrogen-bond donors (Lipinski definition) is 4. The molecule has 0 amide bonds. The number of rotatable bonds is 7. The quantitative estimate of drug-likeness (QED) is 0.519. The lowest BCUT2D eigenvalue weighted by Gasteiger charge is -2.21. The largest absolute Gasteiger partial charge is 0.481 e. The Morgan fingerprint density at radius 1 is 1.24 bits per heavy atom. The minimum atomic E-state index is -1.53. The summed E-state index contributed by atoms with van der Waals surface area (Å²) in [6.07, 6.45) is -0.559. The van der Waals surface area contributed by atoms with Gasteiger partial charge in [-0.15, -0.1) is 0 Å². The molecule has 6 N–H and O–H groups in total. The first kappa shape index (κ1) is 16.8. The summed E-state index contributed by atoms with van der Waals surface area (Å²) in [5, 5.41) is 17.7. The van der Waals surface area contributed by atoms with Gasteiger partial charge in [0.15, 0.2) is 5.78 Å². The third-order valence-corrected chi connectivity index (χ3v) is 3.06. The van der Waals surface area contributed by atoms with Crippen molar-refractivity contribution in [2.75, 3.05) is 0 Å². The van der Waals surface area contributed by atoms with Crippen LogP contribution >= 0.6 is 0 Å². The molecule has 21 heavy (non-hydrogen) atoms. The summed E-state index contributed by atoms with van der Waals surface area (Å²) < 4.78 is 0. The summed E-state index contributed by atoms with van der Waals surface area (Å²) in [6, 6.07) is 5.12. The van der Waals surface area contributed by atoms with Crippen molar-refractivity contribution >= 4 is 17.7 Å². The minimum Gasteiger partial charge on any atom is -0.481 e. The molecule has 7 nitrogen and oxygen atoms in total. The van der Waals surface area contributed by atoms with Crippen LogP contribution in [0, 0.1) is 0 Å². The average molecular weight is 294 g/mol. The summed E-state index contributed by atoms with van der Waals surface area (Å²) in [7, 11) is 0. The van der Waals surface area contributed by atoms with Crippen molar-refractivity contribution in [1.82, 2.24) is 0 Å². The molecule has 0 radical (unpaired) electrons. The predicted octanol–water partition coefficient (Wildman–Crippen LogP) is 0.0158. The Bertz CT molecular complexity index is 568. The Morgan fingerprint density at radius 2 is 1.81 bits per heavy atom. The highest BCUT2D eigenvalue weighted by Gasteiger charge is 2.30. The monoisotopic (exact) mass is 294 g/mol. The molecule has 1 rings (SSSR count). The highest BCUT2D eigenvalue weighted by Crippen LogP contribution is 2.18. The first-order valence-corrected chi connectivity index (χ1v) is 6.27. The first-order valence-electron chi connectivity index (χ1n) is 6.27. The molecular weight excluding hydrogens is 276 g/mol. The zero-order valence-corrected chi connectivity index (χ0v) is 11.6. The highest BCUT2D eigenvalue weighted by molar-refractivity contribution is 6.02. The van der Waals surface area contributed by atoms with Gasteiger partial charge in [0.1, 0.15) is 5.54 Å². The number of benzene rings is 1. The lowest BCUT2D eigenvalue weighted by Crippen LogP contribution is -2.47. The van der Waals surface area contributed by atoms with Gasteiger partial charge in [-0.05, 0) is 12.5 Å². The number of carboxylic acid groups (broad SMARTS) is 2. The molecule has 0 saturated carbocycles. The second-order valence-corrected chi connectivity index (χ2v) is 5.13. The fourth-order valence-electron chi connectivity index (χ4n) is 1.87. The van der Waals surface area contributed by atoms with E-state index in [1.165, 1.54) is 13.0 Å². The van der Waals surface area contributed by atoms with Crippen molar-refractivity contribution < 1.29 is 24.6 Å². The van der Waals surface area contributed by atoms with Gasteiger partial charge in [0.25, 0.3) is 0 Å². The average Bonchev–Trinajstić information content (AvgIpc) is 2.37. The van der Waals surface area contributed by atoms with E-state index < -0.39 is 35.7 Å². The highest BCUT2D eigenvalue weighted by atomic mass is 16.4. The van der Waals surface area contributed by atoms with Gasteiger partial charge in [0, 0.05) is 12.0 Å². The molecule has 0 aromatic heterocycles. The lowest BCUT2D eigenvalue weighted by molar-refractivity contribution is -0.142. The van der Waals surface area contributed by atoms with E-state index >= 15 is 0 Å². The van der Waals surface area contributed by atoms with Crippen LogP contribution in [0.4, 0.5) is 0 Å². The Balaban J connectivity index is 3.07. The maximum atomic E-state index is 12.2. The van der Waals surface area contributed by atoms with Crippen LogP contribution in [0.3, 0.4) is 0 Å².